The van der Waals surface area contributed by atoms with Gasteiger partial charge in [0.2, 0.25) is 0 Å². The number of aliphatic imine (C=N–C) groups is 1. The summed E-state index contributed by atoms with van der Waals surface area (Å²) in [6.45, 7) is 1.76. The third-order valence-corrected chi connectivity index (χ3v) is 3.69. The van der Waals surface area contributed by atoms with E-state index in [1.54, 1.807) is 0 Å². The van der Waals surface area contributed by atoms with Crippen molar-refractivity contribution in [1.29, 1.82) is 0 Å². The molecule has 0 saturated carbocycles. The fourth-order valence-corrected chi connectivity index (χ4v) is 2.64. The van der Waals surface area contributed by atoms with E-state index in [0.717, 1.165) is 13.1 Å². The van der Waals surface area contributed by atoms with Crippen LogP contribution in [-0.2, 0) is 0 Å². The number of nitrogens with zero attached hydrogens (tertiary/aromatic N) is 2. The first-order valence-corrected chi connectivity index (χ1v) is 6.02. The van der Waals surface area contributed by atoms with E-state index in [0.29, 0.717) is 11.9 Å². The van der Waals surface area contributed by atoms with Crippen LogP contribution in [0.25, 0.3) is 0 Å². The molecule has 0 radical (unpaired) electrons. The first-order valence-electron chi connectivity index (χ1n) is 4.94. The number of hydrogen-bond acceptors (Lipinski definition) is 3. The first-order chi connectivity index (χ1) is 7.18. The fourth-order valence-electron chi connectivity index (χ4n) is 1.81. The van der Waals surface area contributed by atoms with E-state index in [1.807, 2.05) is 11.9 Å². The molecule has 0 bridgehead atoms. The number of hydrogen-bond donors (Lipinski definition) is 1. The van der Waals surface area contributed by atoms with Gasteiger partial charge in [0.05, 0.1) is 6.54 Å². The Bertz CT molecular complexity index is 389. The van der Waals surface area contributed by atoms with Gasteiger partial charge in [0.15, 0.2) is 5.96 Å². The van der Waals surface area contributed by atoms with Crippen LogP contribution in [0.1, 0.15) is 11.5 Å². The molecule has 1 aromatic carbocycles. The molecule has 1 atom stereocenters. The number of halogens is 1. The third kappa shape index (κ3) is 2.25. The molecule has 3 nitrogen and oxygen atoms in total. The van der Waals surface area contributed by atoms with Crippen molar-refractivity contribution in [3.63, 3.8) is 0 Å². The van der Waals surface area contributed by atoms with Gasteiger partial charge in [-0.2, -0.15) is 0 Å². The molecule has 0 aliphatic carbocycles. The lowest BCUT2D eigenvalue weighted by Gasteiger charge is -2.29. The van der Waals surface area contributed by atoms with Gasteiger partial charge < -0.3 is 10.6 Å². The second kappa shape index (κ2) is 4.38. The largest absolute Gasteiger partial charge is 0.370 e. The lowest BCUT2D eigenvalue weighted by atomic mass is 9.98. The second-order valence-electron chi connectivity index (χ2n) is 3.80. The average Bonchev–Trinajstić information content (AvgIpc) is 2.23. The van der Waals surface area contributed by atoms with Gasteiger partial charge in [0.25, 0.3) is 0 Å². The molecule has 2 N–H and O–H groups in total. The van der Waals surface area contributed by atoms with Gasteiger partial charge in [-0.15, -0.1) is 0 Å². The minimum Gasteiger partial charge on any atom is -0.370 e. The summed E-state index contributed by atoms with van der Waals surface area (Å²) in [5.41, 5.74) is 7.11. The third-order valence-electron chi connectivity index (χ3n) is 2.70. The Morgan fingerprint density at radius 3 is 2.87 bits per heavy atom. The predicted octanol–water partition coefficient (Wildman–Crippen LogP) is 1.63. The minimum atomic E-state index is 0.468. The Morgan fingerprint density at radius 1 is 1.47 bits per heavy atom. The topological polar surface area (TPSA) is 41.6 Å². The van der Waals surface area contributed by atoms with Gasteiger partial charge in [-0.25, -0.2) is 0 Å². The predicted molar refractivity (Wildman–Crippen MR) is 71.0 cm³/mol. The highest BCUT2D eigenvalue weighted by Gasteiger charge is 2.20. The van der Waals surface area contributed by atoms with E-state index in [9.17, 15) is 0 Å². The summed E-state index contributed by atoms with van der Waals surface area (Å²) >= 11 is 2.38. The number of benzene rings is 1. The summed E-state index contributed by atoms with van der Waals surface area (Å²) in [6.07, 6.45) is 0. The maximum Gasteiger partial charge on any atom is 0.191 e. The van der Waals surface area contributed by atoms with E-state index >= 15 is 0 Å². The lowest BCUT2D eigenvalue weighted by molar-refractivity contribution is 0.421. The van der Waals surface area contributed by atoms with E-state index < -0.39 is 0 Å². The Balaban J connectivity index is 2.24. The summed E-state index contributed by atoms with van der Waals surface area (Å²) in [6, 6.07) is 8.46. The monoisotopic (exact) mass is 315 g/mol. The highest BCUT2D eigenvalue weighted by atomic mass is 127. The summed E-state index contributed by atoms with van der Waals surface area (Å²) in [7, 11) is 1.99. The number of nitrogens with two attached hydrogens (primary N) is 1. The van der Waals surface area contributed by atoms with Crippen LogP contribution in [-0.4, -0.2) is 31.0 Å². The number of guanidine groups is 1. The molecule has 2 rings (SSSR count). The quantitative estimate of drug-likeness (QED) is 0.801. The summed E-state index contributed by atoms with van der Waals surface area (Å²) in [4.78, 5) is 6.34. The van der Waals surface area contributed by atoms with Gasteiger partial charge >= 0.3 is 0 Å². The van der Waals surface area contributed by atoms with Gasteiger partial charge in [-0.3, -0.25) is 4.99 Å². The Morgan fingerprint density at radius 2 is 2.20 bits per heavy atom. The molecular weight excluding hydrogens is 301 g/mol. The van der Waals surface area contributed by atoms with Crippen LogP contribution in [0.4, 0.5) is 0 Å². The summed E-state index contributed by atoms with van der Waals surface area (Å²) in [5, 5.41) is 0. The van der Waals surface area contributed by atoms with Crippen LogP contribution < -0.4 is 5.73 Å². The molecule has 0 fully saturated rings. The second-order valence-corrected chi connectivity index (χ2v) is 4.96. The van der Waals surface area contributed by atoms with Crippen LogP contribution in [0.3, 0.4) is 0 Å². The Hall–Kier alpha value is -0.780. The van der Waals surface area contributed by atoms with E-state index in [4.69, 9.17) is 5.73 Å². The van der Waals surface area contributed by atoms with Crippen molar-refractivity contribution < 1.29 is 0 Å². The molecule has 1 aromatic rings. The van der Waals surface area contributed by atoms with Crippen LogP contribution in [0.2, 0.25) is 0 Å². The highest BCUT2D eigenvalue weighted by Crippen LogP contribution is 2.24. The molecule has 0 spiro atoms. The smallest absolute Gasteiger partial charge is 0.191 e. The molecule has 1 heterocycles. The van der Waals surface area contributed by atoms with Crippen molar-refractivity contribution in [2.24, 2.45) is 10.7 Å². The van der Waals surface area contributed by atoms with Crippen LogP contribution in [0, 0.1) is 3.57 Å². The van der Waals surface area contributed by atoms with Crippen LogP contribution in [0.15, 0.2) is 29.3 Å². The van der Waals surface area contributed by atoms with Gasteiger partial charge in [-0.1, -0.05) is 18.2 Å². The fraction of sp³-hybridized carbons (Fsp3) is 0.364. The van der Waals surface area contributed by atoms with Gasteiger partial charge in [0, 0.05) is 23.1 Å². The molecule has 1 aliphatic rings. The van der Waals surface area contributed by atoms with Crippen molar-refractivity contribution in [1.82, 2.24) is 4.90 Å². The maximum absolute atomic E-state index is 5.73. The molecule has 1 aliphatic heterocycles. The molecule has 1 unspecified atom stereocenters. The first kappa shape index (κ1) is 10.7. The molecular formula is C11H14IN3. The Labute approximate surface area is 104 Å². The normalized spacial score (nSPS) is 21.3. The molecule has 4 heteroatoms. The van der Waals surface area contributed by atoms with Crippen molar-refractivity contribution in [2.45, 2.75) is 5.92 Å². The molecule has 0 saturated heterocycles. The summed E-state index contributed by atoms with van der Waals surface area (Å²) in [5.74, 6) is 1.12. The molecule has 0 amide bonds. The maximum atomic E-state index is 5.73. The minimum absolute atomic E-state index is 0.468. The zero-order valence-electron chi connectivity index (χ0n) is 8.65. The number of rotatable bonds is 1. The zero-order chi connectivity index (χ0) is 10.8. The molecule has 80 valence electrons. The van der Waals surface area contributed by atoms with Crippen LogP contribution in [0.5, 0.6) is 0 Å². The Kier molecular flexibility index (Phi) is 3.14. The summed E-state index contributed by atoms with van der Waals surface area (Å²) < 4.78 is 1.31. The van der Waals surface area contributed by atoms with Gasteiger partial charge in [0.1, 0.15) is 0 Å². The van der Waals surface area contributed by atoms with E-state index in [2.05, 4.69) is 51.8 Å². The highest BCUT2D eigenvalue weighted by molar-refractivity contribution is 14.1. The average molecular weight is 315 g/mol. The molecule has 15 heavy (non-hydrogen) atoms. The van der Waals surface area contributed by atoms with Crippen molar-refractivity contribution in [2.75, 3.05) is 20.1 Å². The lowest BCUT2D eigenvalue weighted by Crippen LogP contribution is -2.41. The SMILES string of the molecule is CN1CC(c2ccccc2I)CN=C1N. The van der Waals surface area contributed by atoms with Gasteiger partial charge in [-0.05, 0) is 34.2 Å². The van der Waals surface area contributed by atoms with E-state index in [-0.39, 0.29) is 0 Å². The zero-order valence-corrected chi connectivity index (χ0v) is 10.8. The van der Waals surface area contributed by atoms with Crippen molar-refractivity contribution >= 4 is 28.6 Å². The van der Waals surface area contributed by atoms with E-state index in [1.165, 1.54) is 9.13 Å². The van der Waals surface area contributed by atoms with Crippen molar-refractivity contribution in [3.8, 4) is 0 Å². The number of likely N-dealkylation sites (N-methyl/N-ethyl adjacent to an activating group) is 1. The van der Waals surface area contributed by atoms with Crippen LogP contribution >= 0.6 is 22.6 Å². The standard InChI is InChI=1S/C11H14IN3/c1-15-7-8(6-14-11(15)13)9-4-2-3-5-10(9)12/h2-5,8H,6-7H2,1H3,(H2,13,14). The molecule has 0 aromatic heterocycles. The van der Waals surface area contributed by atoms with Crippen molar-refractivity contribution in [3.05, 3.63) is 33.4 Å².